The van der Waals surface area contributed by atoms with E-state index in [1.165, 1.54) is 75.8 Å². The van der Waals surface area contributed by atoms with Crippen molar-refractivity contribution in [1.82, 2.24) is 0 Å². The molecule has 0 unspecified atom stereocenters. The maximum Gasteiger partial charge on any atom is 0.0540 e. The monoisotopic (exact) mass is 1180 g/mol. The summed E-state index contributed by atoms with van der Waals surface area (Å²) in [6, 6.07) is 136. The lowest BCUT2D eigenvalue weighted by Gasteiger charge is -2.28. The molecule has 3 heteroatoms. The molecule has 0 aromatic heterocycles. The number of rotatable bonds is 13. The highest BCUT2D eigenvalue weighted by atomic mass is 15.2. The first-order chi connectivity index (χ1) is 46.1. The molecule has 0 amide bonds. The molecule has 93 heavy (non-hydrogen) atoms. The van der Waals surface area contributed by atoms with Crippen LogP contribution in [0.15, 0.2) is 370 Å². The van der Waals surface area contributed by atoms with Crippen molar-refractivity contribution in [2.75, 3.05) is 14.7 Å². The topological polar surface area (TPSA) is 9.72 Å². The minimum Gasteiger partial charge on any atom is -0.310 e. The standard InChI is InChI=1S/C90H61N3/c1-6-25-65(26-7-1)82-61-83(66-46-51-75(52-47-66)92(73-36-12-4-13-37-73)86-42-22-30-63-27-18-20-40-78(63)86)89-80-57-55-77(91(71-32-8-2-9-33-71)72-34-10-3-11-35-72)60-85(80)84-59-70(69-45-44-62-24-16-17-29-68(62)58-69)50-56-81(84)90(89)88(82)67-48-53-76(54-49-67)93(74-38-14-5-15-39-74)87-43-23-31-64-28-19-21-41-79(64)87/h1-61H. The van der Waals surface area contributed by atoms with Crippen molar-refractivity contribution in [3.63, 3.8) is 0 Å². The predicted molar refractivity (Wildman–Crippen MR) is 397 cm³/mol. The van der Waals surface area contributed by atoms with E-state index in [1.54, 1.807) is 0 Å². The Hall–Kier alpha value is -12.3. The van der Waals surface area contributed by atoms with Crippen molar-refractivity contribution in [2.45, 2.75) is 0 Å². The van der Waals surface area contributed by atoms with Gasteiger partial charge in [0, 0.05) is 50.6 Å². The third-order valence-corrected chi connectivity index (χ3v) is 18.5. The largest absolute Gasteiger partial charge is 0.310 e. The van der Waals surface area contributed by atoms with E-state index in [1.807, 2.05) is 0 Å². The molecule has 0 heterocycles. The molecule has 0 saturated carbocycles. The van der Waals surface area contributed by atoms with Crippen molar-refractivity contribution >= 4 is 116 Å². The fraction of sp³-hybridized carbons (Fsp3) is 0. The number of anilines is 9. The van der Waals surface area contributed by atoms with Crippen molar-refractivity contribution in [3.05, 3.63) is 370 Å². The highest BCUT2D eigenvalue weighted by molar-refractivity contribution is 6.33. The zero-order valence-corrected chi connectivity index (χ0v) is 51.1. The van der Waals surface area contributed by atoms with Crippen LogP contribution in [0.25, 0.3) is 109 Å². The SMILES string of the molecule is c1ccc(-c2cc(-c3ccc(N(c4ccccc4)c4cccc5ccccc45)cc3)c3c4ccc(N(c5ccccc5)c5ccccc5)cc4c4cc(-c5ccc6ccccc6c5)ccc4c3c2-c2ccc(N(c3ccccc3)c3cccc4ccccc34)cc2)cc1. The van der Waals surface area contributed by atoms with Gasteiger partial charge in [0.15, 0.2) is 0 Å². The molecule has 0 fully saturated rings. The number of hydrogen-bond acceptors (Lipinski definition) is 3. The molecule has 0 bridgehead atoms. The van der Waals surface area contributed by atoms with E-state index >= 15 is 0 Å². The molecule has 0 spiro atoms. The first-order valence-electron chi connectivity index (χ1n) is 32.0. The molecule has 3 nitrogen and oxygen atoms in total. The maximum atomic E-state index is 2.49. The second kappa shape index (κ2) is 23.6. The minimum atomic E-state index is 1.07. The van der Waals surface area contributed by atoms with Gasteiger partial charge in [-0.3, -0.25) is 0 Å². The molecule has 0 aliphatic heterocycles. The Labute approximate surface area is 541 Å². The molecular weight excluding hydrogens is 1120 g/mol. The van der Waals surface area contributed by atoms with E-state index in [4.69, 9.17) is 0 Å². The second-order valence-corrected chi connectivity index (χ2v) is 24.0. The zero-order chi connectivity index (χ0) is 61.6. The van der Waals surface area contributed by atoms with Crippen molar-refractivity contribution < 1.29 is 0 Å². The number of benzene rings is 17. The zero-order valence-electron chi connectivity index (χ0n) is 51.1. The van der Waals surface area contributed by atoms with Gasteiger partial charge in [-0.25, -0.2) is 0 Å². The quantitative estimate of drug-likeness (QED) is 0.107. The fourth-order valence-corrected chi connectivity index (χ4v) is 14.2. The lowest BCUT2D eigenvalue weighted by Crippen LogP contribution is -2.10. The van der Waals surface area contributed by atoms with E-state index < -0.39 is 0 Å². The lowest BCUT2D eigenvalue weighted by atomic mass is 9.81. The average molecular weight is 1180 g/mol. The summed E-state index contributed by atoms with van der Waals surface area (Å²) in [6.07, 6.45) is 0. The molecule has 0 radical (unpaired) electrons. The Morgan fingerprint density at radius 2 is 0.538 bits per heavy atom. The summed E-state index contributed by atoms with van der Waals surface area (Å²) < 4.78 is 0. The van der Waals surface area contributed by atoms with Gasteiger partial charge in [-0.1, -0.05) is 255 Å². The van der Waals surface area contributed by atoms with E-state index in [-0.39, 0.29) is 0 Å². The van der Waals surface area contributed by atoms with E-state index in [0.29, 0.717) is 0 Å². The van der Waals surface area contributed by atoms with Crippen molar-refractivity contribution in [2.24, 2.45) is 0 Å². The van der Waals surface area contributed by atoms with Gasteiger partial charge in [-0.05, 0) is 214 Å². The van der Waals surface area contributed by atoms with Crippen LogP contribution in [0.1, 0.15) is 0 Å². The minimum absolute atomic E-state index is 1.07. The smallest absolute Gasteiger partial charge is 0.0540 e. The number of fused-ring (bicyclic) bond motifs is 9. The summed E-state index contributed by atoms with van der Waals surface area (Å²) in [5.41, 5.74) is 19.0. The summed E-state index contributed by atoms with van der Waals surface area (Å²) in [7, 11) is 0. The Morgan fingerprint density at radius 3 is 1.10 bits per heavy atom. The number of nitrogens with zero attached hydrogens (tertiary/aromatic N) is 3. The van der Waals surface area contributed by atoms with Gasteiger partial charge < -0.3 is 14.7 Å². The van der Waals surface area contributed by atoms with Crippen LogP contribution in [-0.2, 0) is 0 Å². The van der Waals surface area contributed by atoms with E-state index in [2.05, 4.69) is 385 Å². The van der Waals surface area contributed by atoms with Gasteiger partial charge >= 0.3 is 0 Å². The van der Waals surface area contributed by atoms with Crippen LogP contribution in [0.4, 0.5) is 51.2 Å². The van der Waals surface area contributed by atoms with Gasteiger partial charge in [0.1, 0.15) is 0 Å². The van der Waals surface area contributed by atoms with Crippen LogP contribution < -0.4 is 14.7 Å². The predicted octanol–water partition coefficient (Wildman–Crippen LogP) is 25.7. The van der Waals surface area contributed by atoms with Crippen molar-refractivity contribution in [3.8, 4) is 44.5 Å². The normalized spacial score (nSPS) is 11.4. The number of hydrogen-bond donors (Lipinski definition) is 0. The molecular formula is C90H61N3. The summed E-state index contributed by atoms with van der Waals surface area (Å²) in [5, 5.41) is 14.3. The fourth-order valence-electron chi connectivity index (χ4n) is 14.2. The summed E-state index contributed by atoms with van der Waals surface area (Å²) in [6.45, 7) is 0. The van der Waals surface area contributed by atoms with Crippen LogP contribution in [-0.4, -0.2) is 0 Å². The Kier molecular flexibility index (Phi) is 13.9. The van der Waals surface area contributed by atoms with E-state index in [0.717, 1.165) is 84.6 Å². The molecule has 0 saturated heterocycles. The van der Waals surface area contributed by atoms with Crippen LogP contribution >= 0.6 is 0 Å². The molecule has 0 atom stereocenters. The van der Waals surface area contributed by atoms with Gasteiger partial charge in [0.05, 0.1) is 11.4 Å². The van der Waals surface area contributed by atoms with Crippen LogP contribution in [0.5, 0.6) is 0 Å². The maximum absolute atomic E-state index is 2.49. The van der Waals surface area contributed by atoms with Gasteiger partial charge in [0.25, 0.3) is 0 Å². The lowest BCUT2D eigenvalue weighted by molar-refractivity contribution is 1.29. The molecule has 0 aliphatic carbocycles. The molecule has 0 N–H and O–H groups in total. The van der Waals surface area contributed by atoms with E-state index in [9.17, 15) is 0 Å². The van der Waals surface area contributed by atoms with Crippen LogP contribution in [0, 0.1) is 0 Å². The second-order valence-electron chi connectivity index (χ2n) is 24.0. The third-order valence-electron chi connectivity index (χ3n) is 18.5. The first kappa shape index (κ1) is 54.8. The molecule has 17 aromatic carbocycles. The Balaban J connectivity index is 0.963. The molecule has 17 rings (SSSR count). The average Bonchev–Trinajstić information content (AvgIpc) is 0.711. The van der Waals surface area contributed by atoms with Crippen LogP contribution in [0.3, 0.4) is 0 Å². The highest BCUT2D eigenvalue weighted by Crippen LogP contribution is 2.52. The number of para-hydroxylation sites is 4. The summed E-state index contributed by atoms with van der Waals surface area (Å²) in [5.74, 6) is 0. The Morgan fingerprint density at radius 1 is 0.161 bits per heavy atom. The van der Waals surface area contributed by atoms with Crippen LogP contribution in [0.2, 0.25) is 0 Å². The first-order valence-corrected chi connectivity index (χ1v) is 32.0. The van der Waals surface area contributed by atoms with Gasteiger partial charge in [-0.15, -0.1) is 0 Å². The molecule has 17 aromatic rings. The summed E-state index contributed by atoms with van der Waals surface area (Å²) in [4.78, 5) is 7.19. The molecule has 0 aliphatic rings. The van der Waals surface area contributed by atoms with Gasteiger partial charge in [-0.2, -0.15) is 0 Å². The Bertz CT molecular complexity index is 5550. The van der Waals surface area contributed by atoms with Crippen molar-refractivity contribution in [1.29, 1.82) is 0 Å². The highest BCUT2D eigenvalue weighted by Gasteiger charge is 2.26. The summed E-state index contributed by atoms with van der Waals surface area (Å²) >= 11 is 0. The molecule has 436 valence electrons. The van der Waals surface area contributed by atoms with Gasteiger partial charge in [0.2, 0.25) is 0 Å². The third kappa shape index (κ3) is 9.97.